The fourth-order valence-corrected chi connectivity index (χ4v) is 1.65. The van der Waals surface area contributed by atoms with E-state index in [-0.39, 0.29) is 16.3 Å². The maximum Gasteiger partial charge on any atom is 0.146 e. The van der Waals surface area contributed by atoms with E-state index in [4.69, 9.17) is 26.9 Å². The molecule has 2 aromatic rings. The van der Waals surface area contributed by atoms with Gasteiger partial charge in [0.25, 0.3) is 0 Å². The van der Waals surface area contributed by atoms with Gasteiger partial charge in [0.05, 0.1) is 22.2 Å². The standard InChI is InChI=1S/C14H6ClFN2O/c15-12-5-9(7-17)1-4-14(12)19-11-3-2-10(8-18)13(16)6-11/h1-6H. The topological polar surface area (TPSA) is 56.8 Å². The van der Waals surface area contributed by atoms with E-state index in [1.54, 1.807) is 12.1 Å². The van der Waals surface area contributed by atoms with Crippen LogP contribution in [0.4, 0.5) is 4.39 Å². The molecule has 19 heavy (non-hydrogen) atoms. The summed E-state index contributed by atoms with van der Waals surface area (Å²) in [5.41, 5.74) is 0.349. The Morgan fingerprint density at radius 1 is 1.05 bits per heavy atom. The maximum absolute atomic E-state index is 13.4. The Morgan fingerprint density at radius 2 is 1.84 bits per heavy atom. The molecule has 0 bridgehead atoms. The zero-order chi connectivity index (χ0) is 13.8. The molecule has 0 aliphatic carbocycles. The van der Waals surface area contributed by atoms with E-state index in [0.717, 1.165) is 6.07 Å². The lowest BCUT2D eigenvalue weighted by Gasteiger charge is -2.08. The largest absolute Gasteiger partial charge is 0.456 e. The highest BCUT2D eigenvalue weighted by Gasteiger charge is 2.07. The van der Waals surface area contributed by atoms with E-state index in [0.29, 0.717) is 11.3 Å². The smallest absolute Gasteiger partial charge is 0.146 e. The second-order valence-corrected chi connectivity index (χ2v) is 4.02. The molecule has 0 aliphatic rings. The first-order valence-electron chi connectivity index (χ1n) is 5.21. The molecule has 2 aromatic carbocycles. The fourth-order valence-electron chi connectivity index (χ4n) is 1.43. The molecule has 0 heterocycles. The predicted molar refractivity (Wildman–Crippen MR) is 67.4 cm³/mol. The van der Waals surface area contributed by atoms with Crippen LogP contribution in [-0.2, 0) is 0 Å². The number of hydrogen-bond acceptors (Lipinski definition) is 3. The first-order valence-corrected chi connectivity index (χ1v) is 5.59. The fraction of sp³-hybridized carbons (Fsp3) is 0. The van der Waals surface area contributed by atoms with Crippen LogP contribution in [0.5, 0.6) is 11.5 Å². The van der Waals surface area contributed by atoms with Gasteiger partial charge in [0.15, 0.2) is 0 Å². The summed E-state index contributed by atoms with van der Waals surface area (Å²) in [6.45, 7) is 0. The number of benzene rings is 2. The summed E-state index contributed by atoms with van der Waals surface area (Å²) < 4.78 is 18.8. The van der Waals surface area contributed by atoms with Gasteiger partial charge in [0.2, 0.25) is 0 Å². The van der Waals surface area contributed by atoms with Crippen molar-refractivity contribution in [1.29, 1.82) is 10.5 Å². The summed E-state index contributed by atoms with van der Waals surface area (Å²) >= 11 is 5.93. The Kier molecular flexibility index (Phi) is 3.66. The van der Waals surface area contributed by atoms with Crippen LogP contribution >= 0.6 is 11.6 Å². The minimum absolute atomic E-state index is 0.0572. The van der Waals surface area contributed by atoms with Gasteiger partial charge in [-0.1, -0.05) is 11.6 Å². The molecule has 3 nitrogen and oxygen atoms in total. The SMILES string of the molecule is N#Cc1ccc(Oc2ccc(C#N)c(F)c2)c(Cl)c1. The second kappa shape index (κ2) is 5.39. The molecule has 0 unspecified atom stereocenters. The van der Waals surface area contributed by atoms with Crippen molar-refractivity contribution in [3.8, 4) is 23.6 Å². The molecule has 0 N–H and O–H groups in total. The Bertz CT molecular complexity index is 716. The van der Waals surface area contributed by atoms with E-state index < -0.39 is 5.82 Å². The molecular weight excluding hydrogens is 267 g/mol. The molecule has 0 amide bonds. The normalized spacial score (nSPS) is 9.47. The van der Waals surface area contributed by atoms with E-state index in [1.165, 1.54) is 24.3 Å². The van der Waals surface area contributed by atoms with Crippen molar-refractivity contribution in [3.63, 3.8) is 0 Å². The highest BCUT2D eigenvalue weighted by molar-refractivity contribution is 6.32. The van der Waals surface area contributed by atoms with Crippen molar-refractivity contribution < 1.29 is 9.13 Å². The van der Waals surface area contributed by atoms with Crippen LogP contribution in [-0.4, -0.2) is 0 Å². The molecule has 0 spiro atoms. The van der Waals surface area contributed by atoms with Crippen LogP contribution in [0.25, 0.3) is 0 Å². The van der Waals surface area contributed by atoms with Gasteiger partial charge < -0.3 is 4.74 Å². The molecule has 2 rings (SSSR count). The molecule has 0 saturated heterocycles. The third-order valence-electron chi connectivity index (χ3n) is 2.35. The number of halogens is 2. The van der Waals surface area contributed by atoms with Crippen molar-refractivity contribution in [3.05, 3.63) is 58.4 Å². The lowest BCUT2D eigenvalue weighted by Crippen LogP contribution is -1.89. The summed E-state index contributed by atoms with van der Waals surface area (Å²) in [6, 6.07) is 12.1. The first-order chi connectivity index (χ1) is 9.13. The van der Waals surface area contributed by atoms with Crippen molar-refractivity contribution in [1.82, 2.24) is 0 Å². The van der Waals surface area contributed by atoms with Gasteiger partial charge in [-0.15, -0.1) is 0 Å². The zero-order valence-corrected chi connectivity index (χ0v) is 10.3. The molecule has 0 saturated carbocycles. The summed E-state index contributed by atoms with van der Waals surface area (Å²) in [5, 5.41) is 17.6. The second-order valence-electron chi connectivity index (χ2n) is 3.61. The van der Waals surface area contributed by atoms with Crippen molar-refractivity contribution in [2.45, 2.75) is 0 Å². The molecule has 0 aromatic heterocycles. The number of nitriles is 2. The Balaban J connectivity index is 2.30. The van der Waals surface area contributed by atoms with Gasteiger partial charge in [-0.25, -0.2) is 4.39 Å². The van der Waals surface area contributed by atoms with Crippen LogP contribution in [0, 0.1) is 28.5 Å². The van der Waals surface area contributed by atoms with Gasteiger partial charge in [-0.2, -0.15) is 10.5 Å². The number of ether oxygens (including phenoxy) is 1. The molecule has 0 radical (unpaired) electrons. The van der Waals surface area contributed by atoms with Crippen LogP contribution in [0.1, 0.15) is 11.1 Å². The van der Waals surface area contributed by atoms with Gasteiger partial charge >= 0.3 is 0 Å². The quantitative estimate of drug-likeness (QED) is 0.830. The van der Waals surface area contributed by atoms with Gasteiger partial charge in [0.1, 0.15) is 23.4 Å². The lowest BCUT2D eigenvalue weighted by molar-refractivity contribution is 0.476. The van der Waals surface area contributed by atoms with Crippen LogP contribution in [0.15, 0.2) is 36.4 Å². The number of rotatable bonds is 2. The molecule has 5 heteroatoms. The summed E-state index contributed by atoms with van der Waals surface area (Å²) in [6.07, 6.45) is 0. The monoisotopic (exact) mass is 272 g/mol. The molecular formula is C14H6ClFN2O. The third-order valence-corrected chi connectivity index (χ3v) is 2.65. The van der Waals surface area contributed by atoms with Crippen molar-refractivity contribution in [2.24, 2.45) is 0 Å². The summed E-state index contributed by atoms with van der Waals surface area (Å²) in [4.78, 5) is 0. The van der Waals surface area contributed by atoms with Crippen molar-refractivity contribution >= 4 is 11.6 Å². The highest BCUT2D eigenvalue weighted by atomic mass is 35.5. The average molecular weight is 273 g/mol. The van der Waals surface area contributed by atoms with Gasteiger partial charge in [-0.05, 0) is 30.3 Å². The molecule has 92 valence electrons. The number of nitrogens with zero attached hydrogens (tertiary/aromatic N) is 2. The van der Waals surface area contributed by atoms with E-state index >= 15 is 0 Å². The van der Waals surface area contributed by atoms with E-state index in [2.05, 4.69) is 0 Å². The van der Waals surface area contributed by atoms with E-state index in [1.807, 2.05) is 6.07 Å². The van der Waals surface area contributed by atoms with Crippen LogP contribution < -0.4 is 4.74 Å². The summed E-state index contributed by atoms with van der Waals surface area (Å²) in [7, 11) is 0. The molecule has 0 aliphatic heterocycles. The zero-order valence-electron chi connectivity index (χ0n) is 9.52. The van der Waals surface area contributed by atoms with Gasteiger partial charge in [0, 0.05) is 6.07 Å². The molecule has 0 atom stereocenters. The van der Waals surface area contributed by atoms with Crippen LogP contribution in [0.3, 0.4) is 0 Å². The number of hydrogen-bond donors (Lipinski definition) is 0. The minimum atomic E-state index is -0.662. The van der Waals surface area contributed by atoms with Gasteiger partial charge in [-0.3, -0.25) is 0 Å². The summed E-state index contributed by atoms with van der Waals surface area (Å²) in [5.74, 6) is -0.127. The van der Waals surface area contributed by atoms with Crippen LogP contribution in [0.2, 0.25) is 5.02 Å². The lowest BCUT2D eigenvalue weighted by atomic mass is 10.2. The predicted octanol–water partition coefficient (Wildman–Crippen LogP) is 4.01. The Hall–Kier alpha value is -2.56. The van der Waals surface area contributed by atoms with Crippen molar-refractivity contribution in [2.75, 3.05) is 0 Å². The maximum atomic E-state index is 13.4. The third kappa shape index (κ3) is 2.82. The minimum Gasteiger partial charge on any atom is -0.456 e. The first kappa shape index (κ1) is 12.9. The Morgan fingerprint density at radius 3 is 2.42 bits per heavy atom. The molecule has 0 fully saturated rings. The van der Waals surface area contributed by atoms with E-state index in [9.17, 15) is 4.39 Å². The highest BCUT2D eigenvalue weighted by Crippen LogP contribution is 2.30. The average Bonchev–Trinajstić information content (AvgIpc) is 2.41. The Labute approximate surface area is 114 Å².